The number of carbonyl (C=O) groups excluding carboxylic acids is 1. The Morgan fingerprint density at radius 1 is 1.34 bits per heavy atom. The summed E-state index contributed by atoms with van der Waals surface area (Å²) in [4.78, 5) is 14.8. The van der Waals surface area contributed by atoms with Crippen LogP contribution < -0.4 is 21.9 Å². The minimum Gasteiger partial charge on any atom is -0.360 e. The van der Waals surface area contributed by atoms with Crippen molar-refractivity contribution in [3.8, 4) is 0 Å². The van der Waals surface area contributed by atoms with E-state index in [1.165, 1.54) is 17.1 Å². The number of nitrogens with two attached hydrogens (primary N) is 1. The zero-order valence-corrected chi connectivity index (χ0v) is 20.5. The van der Waals surface area contributed by atoms with Crippen molar-refractivity contribution in [1.82, 2.24) is 30.7 Å². The predicted molar refractivity (Wildman–Crippen MR) is 122 cm³/mol. The molecular weight excluding hydrogens is 473 g/mol. The Morgan fingerprint density at radius 2 is 1.97 bits per heavy atom. The number of rotatable bonds is 11. The van der Waals surface area contributed by atoms with Crippen LogP contribution in [0.25, 0.3) is 0 Å². The molecule has 1 amide bonds. The molecule has 1 heterocycles. The monoisotopic (exact) mass is 509 g/mol. The fourth-order valence-electron chi connectivity index (χ4n) is 4.14. The fourth-order valence-corrected chi connectivity index (χ4v) is 4.14. The Balaban J connectivity index is 2.29. The van der Waals surface area contributed by atoms with E-state index in [9.17, 15) is 26.7 Å². The summed E-state index contributed by atoms with van der Waals surface area (Å²) in [6.07, 6.45) is -2.31. The maximum atomic E-state index is 13.9. The van der Waals surface area contributed by atoms with Crippen molar-refractivity contribution >= 4 is 5.91 Å². The summed E-state index contributed by atoms with van der Waals surface area (Å²) in [6, 6.07) is 0.839. The molecule has 3 atom stereocenters. The summed E-state index contributed by atoms with van der Waals surface area (Å²) in [5.41, 5.74) is 3.20. The third kappa shape index (κ3) is 7.79. The summed E-state index contributed by atoms with van der Waals surface area (Å²) < 4.78 is 68.1. The lowest BCUT2D eigenvalue weighted by Gasteiger charge is -2.40. The molecule has 13 heteroatoms. The van der Waals surface area contributed by atoms with Crippen LogP contribution >= 0.6 is 0 Å². The van der Waals surface area contributed by atoms with Gasteiger partial charge in [-0.3, -0.25) is 20.6 Å². The predicted octanol–water partition coefficient (Wildman–Crippen LogP) is 3.20. The third-order valence-corrected chi connectivity index (χ3v) is 6.58. The smallest absolute Gasteiger partial charge is 0.360 e. The van der Waals surface area contributed by atoms with E-state index in [1.807, 2.05) is 6.92 Å². The van der Waals surface area contributed by atoms with Crippen LogP contribution in [0.1, 0.15) is 56.9 Å². The molecule has 1 aliphatic carbocycles. The van der Waals surface area contributed by atoms with E-state index in [-0.39, 0.29) is 38.1 Å². The zero-order chi connectivity index (χ0) is 26.4. The maximum Gasteiger partial charge on any atom is 0.392 e. The molecule has 0 saturated heterocycles. The summed E-state index contributed by atoms with van der Waals surface area (Å²) in [7, 11) is 1.64. The van der Waals surface area contributed by atoms with Crippen LogP contribution in [-0.2, 0) is 6.54 Å². The number of hydrazine groups is 1. The van der Waals surface area contributed by atoms with Crippen molar-refractivity contribution in [3.05, 3.63) is 29.9 Å². The molecule has 0 radical (unpaired) electrons. The normalized spacial score (nSPS) is 19.7. The van der Waals surface area contributed by atoms with Gasteiger partial charge in [-0.15, -0.1) is 0 Å². The molecule has 2 rings (SSSR count). The number of likely N-dealkylation sites (N-methyl/N-ethyl adjacent to an activating group) is 1. The number of nitrogens with zero attached hydrogens (tertiary/aromatic N) is 3. The van der Waals surface area contributed by atoms with E-state index in [2.05, 4.69) is 21.2 Å². The Labute approximate surface area is 202 Å². The molecular formula is C22H36F5N7O. The van der Waals surface area contributed by atoms with Crippen molar-refractivity contribution in [1.29, 1.82) is 0 Å². The second kappa shape index (κ2) is 12.0. The van der Waals surface area contributed by atoms with E-state index >= 15 is 0 Å². The van der Waals surface area contributed by atoms with Gasteiger partial charge in [0.05, 0.1) is 23.8 Å². The molecule has 1 aromatic rings. The number of nitrogens with one attached hydrogen (secondary N) is 3. The zero-order valence-electron chi connectivity index (χ0n) is 20.5. The molecule has 1 fully saturated rings. The summed E-state index contributed by atoms with van der Waals surface area (Å²) in [5.74, 6) is 0.456. The van der Waals surface area contributed by atoms with Crippen molar-refractivity contribution < 1.29 is 26.7 Å². The van der Waals surface area contributed by atoms with Crippen LogP contribution in [0.2, 0.25) is 0 Å². The number of aryl methyl sites for hydroxylation is 1. The molecule has 8 nitrogen and oxygen atoms in total. The molecule has 0 aromatic carbocycles. The summed E-state index contributed by atoms with van der Waals surface area (Å²) in [6.45, 7) is 4.73. The lowest BCUT2D eigenvalue weighted by molar-refractivity contribution is -0.168. The van der Waals surface area contributed by atoms with Gasteiger partial charge in [0.25, 0.3) is 5.91 Å². The Hall–Kier alpha value is -2.41. The molecule has 0 bridgehead atoms. The van der Waals surface area contributed by atoms with Crippen LogP contribution in [-0.4, -0.2) is 58.5 Å². The number of alkyl halides is 5. The van der Waals surface area contributed by atoms with E-state index in [4.69, 9.17) is 5.84 Å². The third-order valence-electron chi connectivity index (χ3n) is 6.58. The van der Waals surface area contributed by atoms with E-state index in [1.54, 1.807) is 24.9 Å². The molecule has 1 aliphatic rings. The van der Waals surface area contributed by atoms with Gasteiger partial charge in [0.15, 0.2) is 0 Å². The highest BCUT2D eigenvalue weighted by Gasteiger charge is 2.41. The van der Waals surface area contributed by atoms with Crippen molar-refractivity contribution in [2.45, 2.75) is 77.3 Å². The fraction of sp³-hybridized carbons (Fsp3) is 0.727. The average Bonchev–Trinajstić information content (AvgIpc) is 3.27. The van der Waals surface area contributed by atoms with Gasteiger partial charge in [-0.1, -0.05) is 6.92 Å². The van der Waals surface area contributed by atoms with E-state index in [0.29, 0.717) is 17.9 Å². The number of hydrogen-bond acceptors (Lipinski definition) is 6. The van der Waals surface area contributed by atoms with Crippen LogP contribution in [0.15, 0.2) is 24.2 Å². The molecule has 200 valence electrons. The average molecular weight is 510 g/mol. The molecule has 1 unspecified atom stereocenters. The lowest BCUT2D eigenvalue weighted by atomic mass is 9.80. The van der Waals surface area contributed by atoms with E-state index < -0.39 is 36.1 Å². The number of carbonyl (C=O) groups is 1. The molecule has 1 saturated carbocycles. The number of hydrogen-bond donors (Lipinski definition) is 4. The standard InChI is InChI=1S/C22H36F5N7O/c1-5-34-17(8-11-31-34)20(35)32-19(16-6-9-21(23,24)10-7-16)18(13-30-28)33(4)15(3)29-12-14(2)22(25,26)27/h8,11,13-16,19,29-30H,5-7,9-10,12,28H2,1-4H3,(H,32,35)/b18-13-/t14-,15?,19+/m1/s1. The van der Waals surface area contributed by atoms with Gasteiger partial charge in [0.2, 0.25) is 5.92 Å². The Bertz CT molecular complexity index is 847. The molecule has 0 aliphatic heterocycles. The first kappa shape index (κ1) is 28.8. The molecule has 35 heavy (non-hydrogen) atoms. The van der Waals surface area contributed by atoms with Gasteiger partial charge in [-0.2, -0.15) is 18.3 Å². The maximum absolute atomic E-state index is 13.9. The highest BCUT2D eigenvalue weighted by molar-refractivity contribution is 5.92. The quantitative estimate of drug-likeness (QED) is 0.158. The van der Waals surface area contributed by atoms with Crippen LogP contribution in [0.3, 0.4) is 0 Å². The van der Waals surface area contributed by atoms with Gasteiger partial charge < -0.3 is 15.6 Å². The van der Waals surface area contributed by atoms with Crippen molar-refractivity contribution in [2.24, 2.45) is 17.7 Å². The van der Waals surface area contributed by atoms with Gasteiger partial charge in [-0.05, 0) is 38.7 Å². The summed E-state index contributed by atoms with van der Waals surface area (Å²) in [5, 5.41) is 9.89. The van der Waals surface area contributed by atoms with Crippen LogP contribution in [0.5, 0.6) is 0 Å². The van der Waals surface area contributed by atoms with E-state index in [0.717, 1.165) is 6.92 Å². The topological polar surface area (TPSA) is 100 Å². The molecule has 5 N–H and O–H groups in total. The Kier molecular flexibility index (Phi) is 9.90. The number of amides is 1. The minimum absolute atomic E-state index is 0.160. The first-order valence-electron chi connectivity index (χ1n) is 11.7. The highest BCUT2D eigenvalue weighted by Crippen LogP contribution is 2.39. The van der Waals surface area contributed by atoms with Gasteiger partial charge in [-0.25, -0.2) is 8.78 Å². The summed E-state index contributed by atoms with van der Waals surface area (Å²) >= 11 is 0. The van der Waals surface area contributed by atoms with Crippen molar-refractivity contribution in [3.63, 3.8) is 0 Å². The minimum atomic E-state index is -4.34. The van der Waals surface area contributed by atoms with Gasteiger partial charge in [0.1, 0.15) is 5.69 Å². The molecule has 1 aromatic heterocycles. The Morgan fingerprint density at radius 3 is 2.51 bits per heavy atom. The number of aromatic nitrogens is 2. The lowest BCUT2D eigenvalue weighted by Crippen LogP contribution is -2.52. The van der Waals surface area contributed by atoms with Crippen molar-refractivity contribution in [2.75, 3.05) is 13.6 Å². The van der Waals surface area contributed by atoms with Crippen LogP contribution in [0.4, 0.5) is 22.0 Å². The first-order chi connectivity index (χ1) is 16.3. The SMILES string of the molecule is CCn1nccc1C(=O)N[C@H](/C(=C/NN)N(C)C(C)NC[C@@H](C)C(F)(F)F)C1CCC(F)(F)CC1. The first-order valence-corrected chi connectivity index (χ1v) is 11.7. The second-order valence-electron chi connectivity index (χ2n) is 9.05. The van der Waals surface area contributed by atoms with Gasteiger partial charge in [0, 0.05) is 45.4 Å². The largest absolute Gasteiger partial charge is 0.392 e. The number of halogens is 5. The highest BCUT2D eigenvalue weighted by atomic mass is 19.4. The van der Waals surface area contributed by atoms with Gasteiger partial charge >= 0.3 is 6.18 Å². The van der Waals surface area contributed by atoms with Crippen LogP contribution in [0, 0.1) is 11.8 Å². The molecule has 0 spiro atoms. The second-order valence-corrected chi connectivity index (χ2v) is 9.05.